The lowest BCUT2D eigenvalue weighted by Gasteiger charge is -2.30. The van der Waals surface area contributed by atoms with Crippen LogP contribution < -0.4 is 27.0 Å². The number of nitrogens with zero attached hydrogens (tertiary/aromatic N) is 3. The van der Waals surface area contributed by atoms with Crippen molar-refractivity contribution in [2.24, 2.45) is 16.0 Å². The van der Waals surface area contributed by atoms with Gasteiger partial charge < -0.3 is 31.3 Å². The summed E-state index contributed by atoms with van der Waals surface area (Å²) in [5.41, 5.74) is 6.77. The maximum atomic E-state index is 12.6. The molecule has 166 valence electrons. The smallest absolute Gasteiger partial charge is 0.272 e. The van der Waals surface area contributed by atoms with E-state index in [4.69, 9.17) is 10.5 Å². The van der Waals surface area contributed by atoms with Gasteiger partial charge in [0.1, 0.15) is 5.82 Å². The molecule has 2 fully saturated rings. The first-order chi connectivity index (χ1) is 15.1. The summed E-state index contributed by atoms with van der Waals surface area (Å²) in [5, 5.41) is 21.1. The van der Waals surface area contributed by atoms with E-state index in [0.29, 0.717) is 43.4 Å². The van der Waals surface area contributed by atoms with Crippen LogP contribution in [0, 0.1) is 0 Å². The van der Waals surface area contributed by atoms with E-state index in [0.717, 1.165) is 25.9 Å². The summed E-state index contributed by atoms with van der Waals surface area (Å²) in [6.45, 7) is 4.16. The van der Waals surface area contributed by atoms with Crippen molar-refractivity contribution in [3.63, 3.8) is 0 Å². The summed E-state index contributed by atoms with van der Waals surface area (Å²) in [6.07, 6.45) is 1.65. The lowest BCUT2D eigenvalue weighted by Crippen LogP contribution is -2.53. The van der Waals surface area contributed by atoms with Crippen LogP contribution in [-0.4, -0.2) is 68.4 Å². The molecule has 4 rings (SSSR count). The lowest BCUT2D eigenvalue weighted by atomic mass is 10.1. The van der Waals surface area contributed by atoms with Crippen molar-refractivity contribution >= 4 is 17.5 Å². The number of carbonyl (C=O) groups excluding carboxylic acids is 2. The Hall–Kier alpha value is -3.02. The summed E-state index contributed by atoms with van der Waals surface area (Å²) in [7, 11) is 0. The van der Waals surface area contributed by atoms with Gasteiger partial charge in [-0.1, -0.05) is 0 Å². The summed E-state index contributed by atoms with van der Waals surface area (Å²) in [5.74, 6) is -0.339. The Morgan fingerprint density at radius 1 is 1.19 bits per heavy atom. The topological polar surface area (TPSA) is 145 Å². The maximum absolute atomic E-state index is 12.6. The standard InChI is InChI=1S/C20H28N8O3/c21-17(29)16-18(25-20(27-26-16)24-15-2-1-7-22-12-15)23-14-5-3-13(4-6-14)19(30)28-8-10-31-11-9-28/h3-6,15,20,22-25H,1-2,7-12H2,(H2,21,29)/t15-,20?/m1/s1. The number of primary amides is 1. The van der Waals surface area contributed by atoms with Crippen LogP contribution in [0.25, 0.3) is 0 Å². The van der Waals surface area contributed by atoms with E-state index in [1.54, 1.807) is 29.2 Å². The van der Waals surface area contributed by atoms with Gasteiger partial charge in [-0.15, -0.1) is 10.2 Å². The second kappa shape index (κ2) is 9.86. The molecule has 1 unspecified atom stereocenters. The Labute approximate surface area is 180 Å². The lowest BCUT2D eigenvalue weighted by molar-refractivity contribution is -0.114. The summed E-state index contributed by atoms with van der Waals surface area (Å²) < 4.78 is 5.30. The van der Waals surface area contributed by atoms with E-state index in [9.17, 15) is 9.59 Å². The van der Waals surface area contributed by atoms with Crippen molar-refractivity contribution in [3.8, 4) is 0 Å². The van der Waals surface area contributed by atoms with E-state index < -0.39 is 12.2 Å². The minimum Gasteiger partial charge on any atom is -0.378 e. The van der Waals surface area contributed by atoms with Crippen LogP contribution >= 0.6 is 0 Å². The van der Waals surface area contributed by atoms with Crippen molar-refractivity contribution in [2.75, 3.05) is 44.7 Å². The monoisotopic (exact) mass is 428 g/mol. The minimum atomic E-state index is -0.685. The van der Waals surface area contributed by atoms with E-state index in [1.807, 2.05) is 0 Å². The van der Waals surface area contributed by atoms with E-state index >= 15 is 0 Å². The molecule has 2 saturated heterocycles. The zero-order valence-corrected chi connectivity index (χ0v) is 17.3. The zero-order chi connectivity index (χ0) is 21.6. The number of morpholine rings is 1. The first kappa shape index (κ1) is 21.2. The van der Waals surface area contributed by atoms with E-state index in [2.05, 4.69) is 31.5 Å². The number of rotatable bonds is 6. The number of hydrogen-bond donors (Lipinski definition) is 5. The van der Waals surface area contributed by atoms with Crippen LogP contribution in [0.5, 0.6) is 0 Å². The molecule has 2 amide bonds. The highest BCUT2D eigenvalue weighted by molar-refractivity contribution is 5.95. The summed E-state index contributed by atoms with van der Waals surface area (Å²) >= 11 is 0. The Morgan fingerprint density at radius 2 is 1.97 bits per heavy atom. The molecule has 0 aliphatic carbocycles. The predicted molar refractivity (Wildman–Crippen MR) is 114 cm³/mol. The van der Waals surface area contributed by atoms with Gasteiger partial charge in [0, 0.05) is 36.9 Å². The number of piperidine rings is 1. The summed E-state index contributed by atoms with van der Waals surface area (Å²) in [4.78, 5) is 26.2. The average molecular weight is 428 g/mol. The summed E-state index contributed by atoms with van der Waals surface area (Å²) in [6, 6.07) is 7.31. The number of anilines is 1. The third-order valence-electron chi connectivity index (χ3n) is 5.41. The van der Waals surface area contributed by atoms with Gasteiger partial charge in [-0.05, 0) is 43.7 Å². The van der Waals surface area contributed by atoms with Crippen molar-refractivity contribution in [2.45, 2.75) is 25.2 Å². The molecule has 3 aliphatic rings. The number of hydrogen-bond acceptors (Lipinski definition) is 9. The van der Waals surface area contributed by atoms with Gasteiger partial charge in [-0.25, -0.2) is 0 Å². The van der Waals surface area contributed by atoms with Crippen LogP contribution in [0.2, 0.25) is 0 Å². The van der Waals surface area contributed by atoms with Gasteiger partial charge in [-0.3, -0.25) is 14.9 Å². The van der Waals surface area contributed by atoms with Crippen molar-refractivity contribution in [1.82, 2.24) is 20.9 Å². The second-order valence-electron chi connectivity index (χ2n) is 7.67. The van der Waals surface area contributed by atoms with Crippen LogP contribution in [0.15, 0.2) is 46.0 Å². The van der Waals surface area contributed by atoms with Gasteiger partial charge in [0.25, 0.3) is 11.8 Å². The molecule has 6 N–H and O–H groups in total. The fourth-order valence-corrected chi connectivity index (χ4v) is 3.75. The molecule has 3 aliphatic heterocycles. The Kier molecular flexibility index (Phi) is 6.75. The van der Waals surface area contributed by atoms with Crippen LogP contribution in [0.4, 0.5) is 5.69 Å². The average Bonchev–Trinajstić information content (AvgIpc) is 2.80. The minimum absolute atomic E-state index is 0.0216. The van der Waals surface area contributed by atoms with Crippen LogP contribution in [0.1, 0.15) is 23.2 Å². The molecule has 31 heavy (non-hydrogen) atoms. The molecule has 0 bridgehead atoms. The number of azo groups is 1. The second-order valence-corrected chi connectivity index (χ2v) is 7.67. The number of nitrogens with one attached hydrogen (secondary N) is 4. The molecule has 1 aromatic rings. The first-order valence-corrected chi connectivity index (χ1v) is 10.5. The van der Waals surface area contributed by atoms with Gasteiger partial charge >= 0.3 is 0 Å². The Balaban J connectivity index is 1.42. The SMILES string of the molecule is NC(=O)C1=C(Nc2ccc(C(=O)N3CCOCC3)cc2)NC(N[C@@H]2CCCNC2)N=N1. The Morgan fingerprint density at radius 3 is 2.65 bits per heavy atom. The van der Waals surface area contributed by atoms with Crippen molar-refractivity contribution < 1.29 is 14.3 Å². The molecule has 0 saturated carbocycles. The van der Waals surface area contributed by atoms with Crippen molar-refractivity contribution in [3.05, 3.63) is 41.3 Å². The van der Waals surface area contributed by atoms with Gasteiger partial charge in [0.05, 0.1) is 13.2 Å². The highest BCUT2D eigenvalue weighted by Gasteiger charge is 2.25. The molecular weight excluding hydrogens is 400 g/mol. The number of carbonyl (C=O) groups is 2. The zero-order valence-electron chi connectivity index (χ0n) is 17.3. The molecule has 1 aromatic carbocycles. The maximum Gasteiger partial charge on any atom is 0.272 e. The highest BCUT2D eigenvalue weighted by Crippen LogP contribution is 2.18. The van der Waals surface area contributed by atoms with E-state index in [1.165, 1.54) is 0 Å². The van der Waals surface area contributed by atoms with Gasteiger partial charge in [0.15, 0.2) is 12.0 Å². The third kappa shape index (κ3) is 5.37. The number of nitrogens with two attached hydrogens (primary N) is 1. The number of benzene rings is 1. The fraction of sp³-hybridized carbons (Fsp3) is 0.500. The first-order valence-electron chi connectivity index (χ1n) is 10.5. The van der Waals surface area contributed by atoms with Gasteiger partial charge in [0.2, 0.25) is 0 Å². The molecular formula is C20H28N8O3. The number of amides is 2. The van der Waals surface area contributed by atoms with E-state index in [-0.39, 0.29) is 17.6 Å². The van der Waals surface area contributed by atoms with Crippen molar-refractivity contribution in [1.29, 1.82) is 0 Å². The molecule has 3 heterocycles. The number of ether oxygens (including phenoxy) is 1. The van der Waals surface area contributed by atoms with Gasteiger partial charge in [-0.2, -0.15) is 0 Å². The molecule has 0 radical (unpaired) electrons. The predicted octanol–water partition coefficient (Wildman–Crippen LogP) is -0.0941. The largest absolute Gasteiger partial charge is 0.378 e. The molecule has 0 spiro atoms. The molecule has 11 heteroatoms. The third-order valence-corrected chi connectivity index (χ3v) is 5.41. The van der Waals surface area contributed by atoms with Crippen LogP contribution in [-0.2, 0) is 9.53 Å². The molecule has 11 nitrogen and oxygen atoms in total. The quantitative estimate of drug-likeness (QED) is 0.425. The Bertz CT molecular complexity index is 858. The fourth-order valence-electron chi connectivity index (χ4n) is 3.75. The highest BCUT2D eigenvalue weighted by atomic mass is 16.5. The van der Waals surface area contributed by atoms with Crippen LogP contribution in [0.3, 0.4) is 0 Å². The molecule has 2 atom stereocenters. The normalized spacial score (nSPS) is 23.9. The molecule has 0 aromatic heterocycles.